The minimum Gasteiger partial charge on any atom is -0.102 e. The molecule has 0 spiro atoms. The van der Waals surface area contributed by atoms with Gasteiger partial charge in [-0.15, -0.1) is 348 Å². The lowest BCUT2D eigenvalue weighted by atomic mass is 28.4. The van der Waals surface area contributed by atoms with Gasteiger partial charge < -0.3 is 0 Å². The molecule has 0 aromatic carbocycles. The van der Waals surface area contributed by atoms with E-state index in [2.05, 4.69) is 348 Å². The van der Waals surface area contributed by atoms with Crippen LogP contribution in [0.2, 0.25) is 0 Å². The van der Waals surface area contributed by atoms with E-state index in [0.717, 1.165) is 0 Å². The van der Waals surface area contributed by atoms with Crippen LogP contribution in [-0.4, -0.2) is 0 Å². The number of hydrogen-bond donors (Lipinski definition) is 0. The highest BCUT2D eigenvalue weighted by Gasteiger charge is 2.64. The lowest BCUT2D eigenvalue weighted by Crippen LogP contribution is -1.75. The van der Waals surface area contributed by atoms with Gasteiger partial charge in [-0.25, -0.2) is 0 Å². The summed E-state index contributed by atoms with van der Waals surface area (Å²) in [7, 11) is 143. The third kappa shape index (κ3) is 38.2. The lowest BCUT2D eigenvalue weighted by molar-refractivity contribution is 4.31. The molecule has 0 saturated carbocycles. The minimum absolute atomic E-state index is 0.277. The van der Waals surface area contributed by atoms with Crippen LogP contribution in [0.15, 0.2) is 0 Å². The van der Waals surface area contributed by atoms with Crippen molar-refractivity contribution in [1.29, 1.82) is 0 Å². The first kappa shape index (κ1) is 109. The lowest BCUT2D eigenvalue weighted by Gasteiger charge is -2.62. The van der Waals surface area contributed by atoms with E-state index in [1.165, 1.54) is 0 Å². The van der Waals surface area contributed by atoms with Gasteiger partial charge in [-0.3, -0.25) is 0 Å². The largest absolute Gasteiger partial charge is 0.102 e. The van der Waals surface area contributed by atoms with E-state index < -0.39 is 21.0 Å². The smallest absolute Gasteiger partial charge is 0.00000614 e. The topological polar surface area (TPSA) is 0 Å². The molecule has 0 aliphatic heterocycles. The maximum absolute atomic E-state index is 3.91. The second kappa shape index (κ2) is 59.4. The second-order valence-corrected chi connectivity index (χ2v) is 327. The molecule has 43 unspecified atom stereocenters. The third-order valence-electron chi connectivity index (χ3n) is 6.70. The average Bonchev–Trinajstić information content (AvgIpc) is 3.19. The van der Waals surface area contributed by atoms with E-state index in [1.807, 2.05) is 0 Å². The Bertz CT molecular complexity index is 1270. The maximum Gasteiger partial charge on any atom is -0.00000614 e. The summed E-state index contributed by atoms with van der Waals surface area (Å²) in [4.78, 5) is 0. The molecule has 43 atom stereocenters. The zero-order valence-corrected chi connectivity index (χ0v) is 117. The Labute approximate surface area is 597 Å². The molecule has 0 bridgehead atoms. The predicted molar refractivity (Wildman–Crippen MR) is 635 cm³/mol. The molecule has 0 aliphatic rings. The molecule has 0 fully saturated rings. The molecule has 0 radical (unpaired) electrons. The zero-order chi connectivity index (χ0) is 60.4. The van der Waals surface area contributed by atoms with Gasteiger partial charge in [0.15, 0.2) is 0 Å². The summed E-state index contributed by atoms with van der Waals surface area (Å²) in [6.07, 6.45) is 0. The first-order valence-electron chi connectivity index (χ1n) is 17.3. The first-order valence-corrected chi connectivity index (χ1v) is 155. The molecule has 0 nitrogen and oxygen atoms in total. The van der Waals surface area contributed by atoms with Gasteiger partial charge in [0.1, 0.15) is 0 Å². The van der Waals surface area contributed by atoms with E-state index in [4.69, 9.17) is 0 Å². The normalized spacial score (nSPS) is 16.1. The van der Waals surface area contributed by atoms with Crippen molar-refractivity contribution >= 4 is 607 Å². The monoisotopic (exact) mass is 2430 g/mol. The first-order chi connectivity index (χ1) is 34.5. The SMILES string of the molecule is PP(P)P(P)P(P(P(P)P)P(P)P)P(P(P(P(P)P)P(P)P)P(P(P)P)P(P)P)P(P(P(P(P)P)P(P)P)P(P(P)P)P(P)P)P(P(P(P(P)P)P(P)P)P(P(P)P)P(P)P)P(P(P(P)P)P(P)P)P(P(P)P)P(P)P. The fourth-order valence-electron chi connectivity index (χ4n) is 4.57. The van der Waals surface area contributed by atoms with Crippen LogP contribution in [0, 0.1) is 0 Å². The van der Waals surface area contributed by atoms with Crippen molar-refractivity contribution in [3.63, 3.8) is 0 Å². The molecule has 0 aliphatic carbocycles. The highest BCUT2D eigenvalue weighted by Crippen LogP contribution is 3.51. The van der Waals surface area contributed by atoms with Crippen LogP contribution >= 0.6 is 607 Å². The van der Waals surface area contributed by atoms with Gasteiger partial charge in [-0.2, -0.15) is 0 Å². The van der Waals surface area contributed by atoms with Crippen LogP contribution in [-0.2, 0) is 0 Å². The van der Waals surface area contributed by atoms with E-state index >= 15 is 0 Å². The summed E-state index contributed by atoms with van der Waals surface area (Å²) in [5.41, 5.74) is 0. The Morgan fingerprint density at radius 1 is 0.0789 bits per heavy atom. The van der Waals surface area contributed by atoms with Gasteiger partial charge in [-0.05, 0) is 259 Å². The van der Waals surface area contributed by atoms with Gasteiger partial charge in [0.2, 0.25) is 0 Å². The zero-order valence-electron chi connectivity index (χ0n) is 39.1. The van der Waals surface area contributed by atoms with Gasteiger partial charge in [0, 0.05) is 0 Å². The Kier molecular flexibility index (Phi) is 84.9. The summed E-state index contributed by atoms with van der Waals surface area (Å²) >= 11 is 0. The van der Waals surface area contributed by atoms with Crippen LogP contribution in [0.3, 0.4) is 0 Å². The number of hydrogen-bond acceptors (Lipinski definition) is 0. The average molecular weight is 2430 g/mol. The van der Waals surface area contributed by atoms with Gasteiger partial charge >= 0.3 is 0 Å². The van der Waals surface area contributed by atoms with Gasteiger partial charge in [0.25, 0.3) is 0 Å². The molecule has 76 heavy (non-hydrogen) atoms. The third-order valence-corrected chi connectivity index (χ3v) is 543. The molecule has 0 N–H and O–H groups in total. The molecule has 0 saturated heterocycles. The van der Waals surface area contributed by atoms with E-state index in [0.29, 0.717) is 0 Å². The molecule has 0 aromatic rings. The molecular formula is H78P76. The van der Waals surface area contributed by atoms with Gasteiger partial charge in [-0.1, -0.05) is 0 Å². The van der Waals surface area contributed by atoms with E-state index in [1.54, 1.807) is 0 Å². The van der Waals surface area contributed by atoms with E-state index in [9.17, 15) is 0 Å². The molecule has 76 heteroatoms. The van der Waals surface area contributed by atoms with Crippen molar-refractivity contribution in [2.75, 3.05) is 0 Å². The fraction of sp³-hybridized carbons (Fsp3) is 0. The molecule has 0 amide bonds. The molecule has 0 aromatic heterocycles. The highest BCUT2D eigenvalue weighted by molar-refractivity contribution is 9.57. The van der Waals surface area contributed by atoms with Crippen molar-refractivity contribution in [1.82, 2.24) is 0 Å². The summed E-state index contributed by atoms with van der Waals surface area (Å²) in [5, 5.41) is 0. The Morgan fingerprint density at radius 3 is 0.250 bits per heavy atom. The predicted octanol–water partition coefficient (Wildman–Crippen LogP) is 44.6. The van der Waals surface area contributed by atoms with Crippen molar-refractivity contribution in [3.8, 4) is 0 Å². The van der Waals surface area contributed by atoms with Crippen molar-refractivity contribution in [2.24, 2.45) is 0 Å². The minimum atomic E-state index is -0.429. The van der Waals surface area contributed by atoms with Gasteiger partial charge in [0.05, 0.1) is 0 Å². The Hall–Kier alpha value is 32.7. The number of rotatable bonds is 36. The Morgan fingerprint density at radius 2 is 0.158 bits per heavy atom. The highest BCUT2D eigenvalue weighted by atomic mass is 33.6. The van der Waals surface area contributed by atoms with Crippen LogP contribution < -0.4 is 0 Å². The summed E-state index contributed by atoms with van der Waals surface area (Å²) in [6.45, 7) is -12.1. The van der Waals surface area contributed by atoms with Crippen LogP contribution in [0.5, 0.6) is 0 Å². The molecule has 0 rings (SSSR count). The molecule has 0 heterocycles. The van der Waals surface area contributed by atoms with Crippen LogP contribution in [0.25, 0.3) is 0 Å². The van der Waals surface area contributed by atoms with E-state index in [-0.39, 0.29) is 238 Å². The van der Waals surface area contributed by atoms with Crippen molar-refractivity contribution < 1.29 is 0 Å². The summed E-state index contributed by atoms with van der Waals surface area (Å²) in [5.74, 6) is 0. The van der Waals surface area contributed by atoms with Crippen molar-refractivity contribution in [2.45, 2.75) is 0 Å². The fourth-order valence-corrected chi connectivity index (χ4v) is 1110. The molecule has 458 valence electrons. The summed E-state index contributed by atoms with van der Waals surface area (Å²) < 4.78 is 0. The standard InChI is InChI=1S/H78P76/c1-40(2)59(39)69(60(41(3)4)42(5)6)74(70(61(43(7)8)44(9)10)62(45(11)12)46(13)14)76(73(67(55(31)32)56(33)34)68(57(35)36)58(37)38)75(71(63(47(15)16)48(17)18)64(49(19)20)50(21)22)72(65(51(23)24)52(25)26)66(53(27)28)54(29)30/h1-39H2. The van der Waals surface area contributed by atoms with Crippen LogP contribution in [0.1, 0.15) is 0 Å². The van der Waals surface area contributed by atoms with Crippen molar-refractivity contribution in [3.05, 3.63) is 0 Å². The Balaban J connectivity index is 12.3. The second-order valence-electron chi connectivity index (χ2n) is 12.1. The molecular weight excluding hydrogens is 2350 g/mol. The van der Waals surface area contributed by atoms with Crippen LogP contribution in [0.4, 0.5) is 0 Å². The summed E-state index contributed by atoms with van der Waals surface area (Å²) in [6, 6.07) is 0. The maximum atomic E-state index is 3.91. The quantitative estimate of drug-likeness (QED) is 0.0549.